The third-order valence-corrected chi connectivity index (χ3v) is 3.43. The van der Waals surface area contributed by atoms with Crippen LogP contribution >= 0.6 is 11.6 Å². The number of hydrogen-bond donors (Lipinski definition) is 0. The van der Waals surface area contributed by atoms with Gasteiger partial charge >= 0.3 is 0 Å². The molecule has 0 saturated carbocycles. The lowest BCUT2D eigenvalue weighted by Gasteiger charge is -2.07. The normalized spacial score (nSPS) is 10.4. The van der Waals surface area contributed by atoms with E-state index in [4.69, 9.17) is 11.6 Å². The molecule has 0 aliphatic heterocycles. The van der Waals surface area contributed by atoms with Crippen LogP contribution in [0.3, 0.4) is 0 Å². The Morgan fingerprint density at radius 2 is 1.95 bits per heavy atom. The van der Waals surface area contributed by atoms with Crippen LogP contribution in [0.5, 0.6) is 0 Å². The fourth-order valence-electron chi connectivity index (χ4n) is 2.20. The smallest absolute Gasteiger partial charge is 0.190 e. The van der Waals surface area contributed by atoms with Crippen LogP contribution in [0.15, 0.2) is 48.5 Å². The van der Waals surface area contributed by atoms with E-state index in [-0.39, 0.29) is 11.5 Å². The highest BCUT2D eigenvalue weighted by Gasteiger charge is 2.15. The van der Waals surface area contributed by atoms with Crippen LogP contribution in [0.2, 0.25) is 5.02 Å². The second kappa shape index (κ2) is 5.96. The van der Waals surface area contributed by atoms with Gasteiger partial charge in [0.15, 0.2) is 5.69 Å². The van der Waals surface area contributed by atoms with Gasteiger partial charge in [0.25, 0.3) is 0 Å². The average Bonchev–Trinajstić information content (AvgIpc) is 2.91. The van der Waals surface area contributed by atoms with Crippen LogP contribution in [0, 0.1) is 17.1 Å². The lowest BCUT2D eigenvalue weighted by atomic mass is 10.1. The molecule has 0 amide bonds. The van der Waals surface area contributed by atoms with Crippen LogP contribution in [0.1, 0.15) is 11.3 Å². The summed E-state index contributed by atoms with van der Waals surface area (Å²) in [6, 6.07) is 15.3. The Labute approximate surface area is 131 Å². The summed E-state index contributed by atoms with van der Waals surface area (Å²) in [6.45, 7) is 0.324. The van der Waals surface area contributed by atoms with Gasteiger partial charge in [-0.3, -0.25) is 0 Å². The Morgan fingerprint density at radius 1 is 1.18 bits per heavy atom. The maximum Gasteiger partial charge on any atom is 0.190 e. The molecule has 108 valence electrons. The first kappa shape index (κ1) is 14.2. The van der Waals surface area contributed by atoms with Crippen molar-refractivity contribution in [2.75, 3.05) is 0 Å². The number of rotatable bonds is 3. The monoisotopic (exact) mass is 312 g/mol. The Balaban J connectivity index is 2.04. The molecular formula is C16H10ClFN4. The van der Waals surface area contributed by atoms with Crippen molar-refractivity contribution >= 4 is 11.6 Å². The van der Waals surface area contributed by atoms with E-state index in [0.29, 0.717) is 17.3 Å². The molecule has 0 atom stereocenters. The van der Waals surface area contributed by atoms with Crippen LogP contribution < -0.4 is 0 Å². The summed E-state index contributed by atoms with van der Waals surface area (Å²) in [5, 5.41) is 17.7. The second-order valence-electron chi connectivity index (χ2n) is 4.69. The van der Waals surface area contributed by atoms with Gasteiger partial charge in [0.1, 0.15) is 17.6 Å². The molecule has 0 N–H and O–H groups in total. The fraction of sp³-hybridized carbons (Fsp3) is 0.0625. The Hall–Kier alpha value is -2.71. The lowest BCUT2D eigenvalue weighted by molar-refractivity contribution is 0.615. The van der Waals surface area contributed by atoms with Gasteiger partial charge in [0.05, 0.1) is 6.54 Å². The van der Waals surface area contributed by atoms with E-state index in [2.05, 4.69) is 10.3 Å². The molecule has 0 unspecified atom stereocenters. The van der Waals surface area contributed by atoms with E-state index in [1.165, 1.54) is 12.1 Å². The molecule has 4 nitrogen and oxygen atoms in total. The highest BCUT2D eigenvalue weighted by atomic mass is 35.5. The number of aromatic nitrogens is 3. The molecule has 0 aliphatic carbocycles. The predicted molar refractivity (Wildman–Crippen MR) is 80.7 cm³/mol. The van der Waals surface area contributed by atoms with E-state index in [0.717, 1.165) is 11.1 Å². The minimum Gasteiger partial charge on any atom is -0.239 e. The number of benzene rings is 2. The van der Waals surface area contributed by atoms with Crippen molar-refractivity contribution in [2.24, 2.45) is 0 Å². The topological polar surface area (TPSA) is 54.5 Å². The first-order chi connectivity index (χ1) is 10.7. The van der Waals surface area contributed by atoms with Crippen LogP contribution in [0.4, 0.5) is 4.39 Å². The summed E-state index contributed by atoms with van der Waals surface area (Å²) in [5.74, 6) is -0.314. The molecule has 0 bridgehead atoms. The zero-order valence-corrected chi connectivity index (χ0v) is 12.1. The quantitative estimate of drug-likeness (QED) is 0.741. The third-order valence-electron chi connectivity index (χ3n) is 3.18. The highest BCUT2D eigenvalue weighted by Crippen LogP contribution is 2.24. The minimum atomic E-state index is -0.314. The standard InChI is InChI=1S/C16H10ClFN4/c17-13-6-4-12(5-7-13)16-15(9-19)20-21-22(16)10-11-2-1-3-14(18)8-11/h1-8H,10H2. The van der Waals surface area contributed by atoms with Gasteiger partial charge in [-0.15, -0.1) is 5.10 Å². The summed E-state index contributed by atoms with van der Waals surface area (Å²) >= 11 is 5.89. The van der Waals surface area contributed by atoms with Gasteiger partial charge in [-0.25, -0.2) is 9.07 Å². The first-order valence-electron chi connectivity index (χ1n) is 6.51. The van der Waals surface area contributed by atoms with Gasteiger partial charge in [-0.2, -0.15) is 5.26 Å². The van der Waals surface area contributed by atoms with E-state index in [1.54, 1.807) is 41.1 Å². The molecule has 0 spiro atoms. The Morgan fingerprint density at radius 3 is 2.64 bits per heavy atom. The zero-order valence-electron chi connectivity index (χ0n) is 11.4. The molecule has 3 aromatic rings. The molecule has 0 radical (unpaired) electrons. The molecule has 3 rings (SSSR count). The van der Waals surface area contributed by atoms with E-state index in [1.807, 2.05) is 6.07 Å². The van der Waals surface area contributed by atoms with Gasteiger partial charge in [0.2, 0.25) is 0 Å². The van der Waals surface area contributed by atoms with E-state index in [9.17, 15) is 9.65 Å². The Kier molecular flexibility index (Phi) is 3.86. The maximum atomic E-state index is 13.3. The molecule has 6 heteroatoms. The van der Waals surface area contributed by atoms with Crippen molar-refractivity contribution in [2.45, 2.75) is 6.54 Å². The van der Waals surface area contributed by atoms with Crippen molar-refractivity contribution < 1.29 is 4.39 Å². The number of nitrogens with zero attached hydrogens (tertiary/aromatic N) is 4. The molecule has 0 saturated heterocycles. The highest BCUT2D eigenvalue weighted by molar-refractivity contribution is 6.30. The van der Waals surface area contributed by atoms with Gasteiger partial charge in [-0.1, -0.05) is 41.1 Å². The second-order valence-corrected chi connectivity index (χ2v) is 5.13. The van der Waals surface area contributed by atoms with Gasteiger partial charge in [0, 0.05) is 10.6 Å². The summed E-state index contributed by atoms with van der Waals surface area (Å²) in [5.41, 5.74) is 2.33. The maximum absolute atomic E-state index is 13.3. The third kappa shape index (κ3) is 2.83. The SMILES string of the molecule is N#Cc1nnn(Cc2cccc(F)c2)c1-c1ccc(Cl)cc1. The first-order valence-corrected chi connectivity index (χ1v) is 6.89. The van der Waals surface area contributed by atoms with Crippen molar-refractivity contribution in [3.05, 3.63) is 70.6 Å². The van der Waals surface area contributed by atoms with E-state index < -0.39 is 0 Å². The van der Waals surface area contributed by atoms with Crippen LogP contribution in [-0.4, -0.2) is 15.0 Å². The number of halogens is 2. The molecule has 1 aromatic heterocycles. The lowest BCUT2D eigenvalue weighted by Crippen LogP contribution is -2.04. The molecule has 22 heavy (non-hydrogen) atoms. The Bertz CT molecular complexity index is 849. The molecule has 0 fully saturated rings. The van der Waals surface area contributed by atoms with Crippen LogP contribution in [-0.2, 0) is 6.54 Å². The summed E-state index contributed by atoms with van der Waals surface area (Å²) in [4.78, 5) is 0. The number of hydrogen-bond acceptors (Lipinski definition) is 3. The summed E-state index contributed by atoms with van der Waals surface area (Å²) in [7, 11) is 0. The predicted octanol–water partition coefficient (Wildman–Crippen LogP) is 3.66. The largest absolute Gasteiger partial charge is 0.239 e. The fourth-order valence-corrected chi connectivity index (χ4v) is 2.33. The summed E-state index contributed by atoms with van der Waals surface area (Å²) < 4.78 is 14.9. The van der Waals surface area contributed by atoms with Gasteiger partial charge < -0.3 is 0 Å². The molecule has 1 heterocycles. The van der Waals surface area contributed by atoms with E-state index >= 15 is 0 Å². The van der Waals surface area contributed by atoms with Crippen LogP contribution in [0.25, 0.3) is 11.3 Å². The van der Waals surface area contributed by atoms with Crippen molar-refractivity contribution in [1.29, 1.82) is 5.26 Å². The van der Waals surface area contributed by atoms with Gasteiger partial charge in [-0.05, 0) is 29.8 Å². The summed E-state index contributed by atoms with van der Waals surface area (Å²) in [6.07, 6.45) is 0. The zero-order chi connectivity index (χ0) is 15.5. The van der Waals surface area contributed by atoms with Crippen molar-refractivity contribution in [1.82, 2.24) is 15.0 Å². The number of nitriles is 1. The molecule has 2 aromatic carbocycles. The molecular weight excluding hydrogens is 303 g/mol. The average molecular weight is 313 g/mol. The minimum absolute atomic E-state index is 0.221. The van der Waals surface area contributed by atoms with Crippen molar-refractivity contribution in [3.63, 3.8) is 0 Å². The van der Waals surface area contributed by atoms with Crippen molar-refractivity contribution in [3.8, 4) is 17.3 Å². The molecule has 0 aliphatic rings.